The van der Waals surface area contributed by atoms with E-state index in [0.29, 0.717) is 30.0 Å². The van der Waals surface area contributed by atoms with Crippen molar-refractivity contribution in [2.24, 2.45) is 0 Å². The molecule has 4 rings (SSSR count). The smallest absolute Gasteiger partial charge is 0.255 e. The molecule has 3 atom stereocenters. The molecule has 1 aliphatic rings. The molecule has 1 fully saturated rings. The number of halogens is 3. The van der Waals surface area contributed by atoms with E-state index in [1.807, 2.05) is 6.07 Å². The first-order valence-corrected chi connectivity index (χ1v) is 11.7. The predicted octanol–water partition coefficient (Wildman–Crippen LogP) is 3.38. The molecule has 36 heavy (non-hydrogen) atoms. The maximum atomic E-state index is 13.9. The molecular weight excluding hydrogens is 492 g/mol. The highest BCUT2D eigenvalue weighted by Gasteiger charge is 2.38. The lowest BCUT2D eigenvalue weighted by Crippen LogP contribution is -2.50. The van der Waals surface area contributed by atoms with E-state index in [4.69, 9.17) is 11.6 Å². The molecule has 2 unspecified atom stereocenters. The molecule has 2 heterocycles. The second-order valence-electron chi connectivity index (χ2n) is 8.50. The number of hydrogen-bond acceptors (Lipinski definition) is 5. The summed E-state index contributed by atoms with van der Waals surface area (Å²) in [5.74, 6) is -3.20. The summed E-state index contributed by atoms with van der Waals surface area (Å²) in [7, 11) is 0. The van der Waals surface area contributed by atoms with Crippen LogP contribution in [0.4, 0.5) is 8.78 Å². The Labute approximate surface area is 211 Å². The van der Waals surface area contributed by atoms with Crippen LogP contribution in [-0.2, 0) is 16.1 Å². The van der Waals surface area contributed by atoms with Crippen LogP contribution >= 0.6 is 11.6 Å². The van der Waals surface area contributed by atoms with Gasteiger partial charge >= 0.3 is 0 Å². The van der Waals surface area contributed by atoms with Crippen molar-refractivity contribution >= 4 is 23.4 Å². The van der Waals surface area contributed by atoms with Gasteiger partial charge in [0.2, 0.25) is 0 Å². The number of rotatable bonds is 7. The summed E-state index contributed by atoms with van der Waals surface area (Å²) in [5, 5.41) is 23.7. The van der Waals surface area contributed by atoms with Crippen LogP contribution in [-0.4, -0.2) is 50.7 Å². The third kappa shape index (κ3) is 5.53. The molecule has 3 N–H and O–H groups in total. The first-order chi connectivity index (χ1) is 17.3. The van der Waals surface area contributed by atoms with Crippen LogP contribution in [0.25, 0.3) is 11.3 Å². The standard InChI is InChI=1S/C26H24ClF2N3O4/c27-17-5-1-4-16(12-17)21-8-3-11-32(21)26(36)24(34)23(33)25(35)31-14-15-9-10-20(30-13-15)22-18(28)6-2-7-19(22)29/h1-2,4-7,9-10,12-13,21,23-24,33-34H,3,8,11,14H2,(H,31,35)/t21?,23-,24?/m1/s1. The third-order valence-corrected chi connectivity index (χ3v) is 6.34. The zero-order valence-electron chi connectivity index (χ0n) is 19.1. The number of nitrogens with zero attached hydrogens (tertiary/aromatic N) is 2. The number of likely N-dealkylation sites (tertiary alicyclic amines) is 1. The molecule has 188 valence electrons. The van der Waals surface area contributed by atoms with Crippen LogP contribution in [0.1, 0.15) is 30.0 Å². The van der Waals surface area contributed by atoms with Crippen molar-refractivity contribution in [3.8, 4) is 11.3 Å². The normalized spacial score (nSPS) is 17.0. The first kappa shape index (κ1) is 25.7. The van der Waals surface area contributed by atoms with Crippen molar-refractivity contribution in [1.82, 2.24) is 15.2 Å². The monoisotopic (exact) mass is 515 g/mol. The number of pyridine rings is 1. The van der Waals surface area contributed by atoms with Crippen molar-refractivity contribution in [3.63, 3.8) is 0 Å². The number of aromatic nitrogens is 1. The van der Waals surface area contributed by atoms with E-state index >= 15 is 0 Å². The van der Waals surface area contributed by atoms with Gasteiger partial charge in [0.1, 0.15) is 11.6 Å². The van der Waals surface area contributed by atoms with Crippen molar-refractivity contribution in [2.45, 2.75) is 37.6 Å². The van der Waals surface area contributed by atoms with Crippen LogP contribution in [0.2, 0.25) is 5.02 Å². The second-order valence-corrected chi connectivity index (χ2v) is 8.94. The number of amides is 2. The van der Waals surface area contributed by atoms with Gasteiger partial charge in [-0.2, -0.15) is 0 Å². The van der Waals surface area contributed by atoms with E-state index in [2.05, 4.69) is 10.3 Å². The van der Waals surface area contributed by atoms with E-state index in [9.17, 15) is 28.6 Å². The molecule has 0 bridgehead atoms. The molecule has 2 aromatic carbocycles. The fourth-order valence-corrected chi connectivity index (χ4v) is 4.45. The van der Waals surface area contributed by atoms with Gasteiger partial charge in [0.15, 0.2) is 12.2 Å². The van der Waals surface area contributed by atoms with Gasteiger partial charge in [-0.25, -0.2) is 8.78 Å². The number of nitrogens with one attached hydrogen (secondary N) is 1. The highest BCUT2D eigenvalue weighted by molar-refractivity contribution is 6.30. The predicted molar refractivity (Wildman–Crippen MR) is 129 cm³/mol. The largest absolute Gasteiger partial charge is 0.380 e. The third-order valence-electron chi connectivity index (χ3n) is 6.10. The Balaban J connectivity index is 1.36. The van der Waals surface area contributed by atoms with Gasteiger partial charge in [0.05, 0.1) is 17.3 Å². The highest BCUT2D eigenvalue weighted by Crippen LogP contribution is 2.33. The molecule has 0 aliphatic carbocycles. The summed E-state index contributed by atoms with van der Waals surface area (Å²) in [6, 6.07) is 13.2. The lowest BCUT2D eigenvalue weighted by atomic mass is 10.0. The minimum Gasteiger partial charge on any atom is -0.380 e. The second kappa shape index (κ2) is 11.1. The zero-order chi connectivity index (χ0) is 25.8. The van der Waals surface area contributed by atoms with E-state index in [-0.39, 0.29) is 23.8 Å². The molecule has 3 aromatic rings. The van der Waals surface area contributed by atoms with Crippen LogP contribution < -0.4 is 5.32 Å². The summed E-state index contributed by atoms with van der Waals surface area (Å²) in [6.45, 7) is 0.292. The lowest BCUT2D eigenvalue weighted by molar-refractivity contribution is -0.153. The van der Waals surface area contributed by atoms with E-state index in [1.165, 1.54) is 29.3 Å². The summed E-state index contributed by atoms with van der Waals surface area (Å²) in [4.78, 5) is 30.8. The van der Waals surface area contributed by atoms with Gasteiger partial charge in [-0.3, -0.25) is 14.6 Å². The maximum absolute atomic E-state index is 13.9. The SMILES string of the molecule is O=C(NCc1ccc(-c2c(F)cccc2F)nc1)[C@H](O)C(O)C(=O)N1CCCC1c1cccc(Cl)c1. The zero-order valence-corrected chi connectivity index (χ0v) is 19.8. The van der Waals surface area contributed by atoms with Crippen LogP contribution in [0, 0.1) is 11.6 Å². The van der Waals surface area contributed by atoms with Crippen LogP contribution in [0.3, 0.4) is 0 Å². The molecule has 2 amide bonds. The van der Waals surface area contributed by atoms with Crippen molar-refractivity contribution in [2.75, 3.05) is 6.54 Å². The summed E-state index contributed by atoms with van der Waals surface area (Å²) < 4.78 is 27.9. The van der Waals surface area contributed by atoms with Gasteiger partial charge < -0.3 is 20.4 Å². The molecule has 10 heteroatoms. The van der Waals surface area contributed by atoms with Gasteiger partial charge in [-0.15, -0.1) is 0 Å². The van der Waals surface area contributed by atoms with Crippen molar-refractivity contribution in [1.29, 1.82) is 0 Å². The maximum Gasteiger partial charge on any atom is 0.255 e. The Kier molecular flexibility index (Phi) is 7.93. The quantitative estimate of drug-likeness (QED) is 0.448. The fraction of sp³-hybridized carbons (Fsp3) is 0.269. The minimum absolute atomic E-state index is 0.0846. The van der Waals surface area contributed by atoms with Crippen molar-refractivity contribution in [3.05, 3.63) is 88.6 Å². The minimum atomic E-state index is -1.99. The molecule has 1 saturated heterocycles. The summed E-state index contributed by atoms with van der Waals surface area (Å²) >= 11 is 6.06. The number of carbonyl (C=O) groups excluding carboxylic acids is 2. The summed E-state index contributed by atoms with van der Waals surface area (Å²) in [6.07, 6.45) is -1.24. The van der Waals surface area contributed by atoms with Gasteiger partial charge in [0, 0.05) is 24.3 Å². The molecular formula is C26H24ClF2N3O4. The Morgan fingerprint density at radius 1 is 1.08 bits per heavy atom. The lowest BCUT2D eigenvalue weighted by Gasteiger charge is -2.28. The Morgan fingerprint density at radius 2 is 1.81 bits per heavy atom. The molecule has 1 aliphatic heterocycles. The molecule has 7 nitrogen and oxygen atoms in total. The van der Waals surface area contributed by atoms with Crippen LogP contribution in [0.15, 0.2) is 60.8 Å². The Bertz CT molecular complexity index is 1240. The Morgan fingerprint density at radius 3 is 2.47 bits per heavy atom. The van der Waals surface area contributed by atoms with Crippen molar-refractivity contribution < 1.29 is 28.6 Å². The number of aliphatic hydroxyl groups is 2. The first-order valence-electron chi connectivity index (χ1n) is 11.4. The van der Waals surface area contributed by atoms with Crippen LogP contribution in [0.5, 0.6) is 0 Å². The number of aliphatic hydroxyl groups excluding tert-OH is 2. The molecule has 0 radical (unpaired) electrons. The molecule has 0 spiro atoms. The fourth-order valence-electron chi connectivity index (χ4n) is 4.25. The Hall–Kier alpha value is -3.40. The summed E-state index contributed by atoms with van der Waals surface area (Å²) in [5.41, 5.74) is 1.12. The average molecular weight is 516 g/mol. The van der Waals surface area contributed by atoms with E-state index in [1.54, 1.807) is 18.2 Å². The number of benzene rings is 2. The molecule has 1 aromatic heterocycles. The van der Waals surface area contributed by atoms with Gasteiger partial charge in [-0.1, -0.05) is 35.9 Å². The van der Waals surface area contributed by atoms with E-state index < -0.39 is 35.7 Å². The van der Waals surface area contributed by atoms with Gasteiger partial charge in [-0.05, 0) is 54.3 Å². The molecule has 0 saturated carbocycles. The number of carbonyl (C=O) groups is 2. The number of hydrogen-bond donors (Lipinski definition) is 3. The average Bonchev–Trinajstić information content (AvgIpc) is 3.36. The topological polar surface area (TPSA) is 103 Å². The van der Waals surface area contributed by atoms with Gasteiger partial charge in [0.25, 0.3) is 11.8 Å². The highest BCUT2D eigenvalue weighted by atomic mass is 35.5. The van der Waals surface area contributed by atoms with E-state index in [0.717, 1.165) is 17.7 Å².